The van der Waals surface area contributed by atoms with Crippen molar-refractivity contribution in [2.45, 2.75) is 6.42 Å². The van der Waals surface area contributed by atoms with Crippen LogP contribution < -0.4 is 9.30 Å². The quantitative estimate of drug-likeness (QED) is 0.389. The Bertz CT molecular complexity index is 868. The molecule has 0 atom stereocenters. The summed E-state index contributed by atoms with van der Waals surface area (Å²) in [7, 11) is 1.61. The van der Waals surface area contributed by atoms with Gasteiger partial charge in [0.15, 0.2) is 24.4 Å². The standard InChI is InChI=1S/C22H20NO2/c1-25-21-11-9-20(10-12-21)22(24)13-15-23-14-5-8-19(17-23)16-18-6-3-2-4-7-18/h2-15,17H,16H2,1H3/q+1. The number of rotatable bonds is 6. The fraction of sp³-hybridized carbons (Fsp3) is 0.0909. The summed E-state index contributed by atoms with van der Waals surface area (Å²) < 4.78 is 7.01. The van der Waals surface area contributed by atoms with Gasteiger partial charge in [0, 0.05) is 23.6 Å². The number of hydrogen-bond donors (Lipinski definition) is 0. The highest BCUT2D eigenvalue weighted by molar-refractivity contribution is 6.05. The Hall–Kier alpha value is -3.20. The second-order valence-electron chi connectivity index (χ2n) is 5.73. The minimum Gasteiger partial charge on any atom is -0.497 e. The summed E-state index contributed by atoms with van der Waals surface area (Å²) in [6.07, 6.45) is 8.17. The SMILES string of the molecule is COc1ccc(C(=O)C=C[n+]2cccc(Cc3ccccc3)c2)cc1. The number of pyridine rings is 1. The molecule has 1 heterocycles. The first-order chi connectivity index (χ1) is 12.2. The minimum absolute atomic E-state index is 0.0383. The zero-order chi connectivity index (χ0) is 17.5. The van der Waals surface area contributed by atoms with Crippen LogP contribution in [0.15, 0.2) is 85.2 Å². The van der Waals surface area contributed by atoms with E-state index in [2.05, 4.69) is 18.2 Å². The van der Waals surface area contributed by atoms with E-state index in [1.165, 1.54) is 11.1 Å². The molecule has 3 nitrogen and oxygen atoms in total. The number of methoxy groups -OCH3 is 1. The van der Waals surface area contributed by atoms with Gasteiger partial charge in [0.1, 0.15) is 5.75 Å². The molecular formula is C22H20NO2+. The molecule has 0 amide bonds. The van der Waals surface area contributed by atoms with Crippen LogP contribution in [0.4, 0.5) is 0 Å². The lowest BCUT2D eigenvalue weighted by Gasteiger charge is -2.00. The molecule has 0 aliphatic rings. The number of allylic oxidation sites excluding steroid dienone is 1. The zero-order valence-electron chi connectivity index (χ0n) is 14.1. The van der Waals surface area contributed by atoms with E-state index in [-0.39, 0.29) is 5.78 Å². The first-order valence-electron chi connectivity index (χ1n) is 8.15. The molecule has 0 aliphatic carbocycles. The number of aromatic nitrogens is 1. The summed E-state index contributed by atoms with van der Waals surface area (Å²) in [6, 6.07) is 21.5. The van der Waals surface area contributed by atoms with E-state index in [0.29, 0.717) is 5.56 Å². The third-order valence-electron chi connectivity index (χ3n) is 3.91. The number of carbonyl (C=O) groups is 1. The van der Waals surface area contributed by atoms with Crippen LogP contribution >= 0.6 is 0 Å². The molecule has 0 aliphatic heterocycles. The summed E-state index contributed by atoms with van der Waals surface area (Å²) in [5, 5.41) is 0. The van der Waals surface area contributed by atoms with Gasteiger partial charge in [-0.1, -0.05) is 30.3 Å². The van der Waals surface area contributed by atoms with Crippen molar-refractivity contribution in [2.75, 3.05) is 7.11 Å². The van der Waals surface area contributed by atoms with Crippen molar-refractivity contribution in [3.63, 3.8) is 0 Å². The molecule has 2 aromatic carbocycles. The maximum absolute atomic E-state index is 12.3. The molecule has 3 aromatic rings. The predicted molar refractivity (Wildman–Crippen MR) is 98.5 cm³/mol. The number of hydrogen-bond acceptors (Lipinski definition) is 2. The number of carbonyl (C=O) groups excluding carboxylic acids is 1. The summed E-state index contributed by atoms with van der Waals surface area (Å²) in [5.41, 5.74) is 3.09. The number of benzene rings is 2. The second kappa shape index (κ2) is 8.06. The Morgan fingerprint density at radius 3 is 2.40 bits per heavy atom. The molecule has 0 bridgehead atoms. The molecule has 124 valence electrons. The van der Waals surface area contributed by atoms with Crippen molar-refractivity contribution >= 4 is 12.0 Å². The zero-order valence-corrected chi connectivity index (χ0v) is 14.1. The van der Waals surface area contributed by atoms with Gasteiger partial charge in [-0.25, -0.2) is 0 Å². The predicted octanol–water partition coefficient (Wildman–Crippen LogP) is 3.93. The van der Waals surface area contributed by atoms with E-state index in [4.69, 9.17) is 4.74 Å². The monoisotopic (exact) mass is 330 g/mol. The topological polar surface area (TPSA) is 30.2 Å². The largest absolute Gasteiger partial charge is 0.497 e. The highest BCUT2D eigenvalue weighted by atomic mass is 16.5. The molecule has 0 N–H and O–H groups in total. The van der Waals surface area contributed by atoms with Crippen LogP contribution in [0.25, 0.3) is 6.20 Å². The van der Waals surface area contributed by atoms with Crippen LogP contribution in [-0.4, -0.2) is 12.9 Å². The van der Waals surface area contributed by atoms with Gasteiger partial charge in [-0.3, -0.25) is 4.79 Å². The van der Waals surface area contributed by atoms with E-state index in [1.54, 1.807) is 43.7 Å². The molecule has 0 unspecified atom stereocenters. The molecule has 3 heteroatoms. The van der Waals surface area contributed by atoms with Gasteiger partial charge in [0.05, 0.1) is 13.2 Å². The second-order valence-corrected chi connectivity index (χ2v) is 5.73. The van der Waals surface area contributed by atoms with Crippen LogP contribution in [0.5, 0.6) is 5.75 Å². The molecular weight excluding hydrogens is 310 g/mol. The molecule has 0 saturated carbocycles. The lowest BCUT2D eigenvalue weighted by atomic mass is 10.1. The van der Waals surface area contributed by atoms with Crippen LogP contribution in [0.1, 0.15) is 21.5 Å². The van der Waals surface area contributed by atoms with Gasteiger partial charge in [-0.05, 0) is 35.9 Å². The van der Waals surface area contributed by atoms with Crippen LogP contribution in [0, 0.1) is 0 Å². The average Bonchev–Trinajstić information content (AvgIpc) is 2.67. The summed E-state index contributed by atoms with van der Waals surface area (Å²) >= 11 is 0. The van der Waals surface area contributed by atoms with E-state index < -0.39 is 0 Å². The molecule has 3 rings (SSSR count). The third-order valence-corrected chi connectivity index (χ3v) is 3.91. The van der Waals surface area contributed by atoms with Gasteiger partial charge in [0.2, 0.25) is 0 Å². The highest BCUT2D eigenvalue weighted by Gasteiger charge is 2.05. The van der Waals surface area contributed by atoms with Crippen molar-refractivity contribution in [2.24, 2.45) is 0 Å². The van der Waals surface area contributed by atoms with Gasteiger partial charge >= 0.3 is 0 Å². The van der Waals surface area contributed by atoms with Crippen molar-refractivity contribution in [3.8, 4) is 5.75 Å². The Morgan fingerprint density at radius 1 is 0.960 bits per heavy atom. The molecule has 0 saturated heterocycles. The maximum atomic E-state index is 12.3. The molecule has 0 fully saturated rings. The van der Waals surface area contributed by atoms with Crippen molar-refractivity contribution in [1.29, 1.82) is 0 Å². The number of ether oxygens (including phenoxy) is 1. The Labute approximate surface area is 147 Å². The Morgan fingerprint density at radius 2 is 1.68 bits per heavy atom. The first-order valence-corrected chi connectivity index (χ1v) is 8.15. The smallest absolute Gasteiger partial charge is 0.191 e. The first kappa shape index (κ1) is 16.7. The van der Waals surface area contributed by atoms with Crippen LogP contribution in [0.3, 0.4) is 0 Å². The normalized spacial score (nSPS) is 10.8. The van der Waals surface area contributed by atoms with Gasteiger partial charge in [-0.15, -0.1) is 0 Å². The number of ketones is 1. The van der Waals surface area contributed by atoms with Crippen molar-refractivity contribution in [1.82, 2.24) is 0 Å². The highest BCUT2D eigenvalue weighted by Crippen LogP contribution is 2.12. The molecule has 0 radical (unpaired) electrons. The fourth-order valence-electron chi connectivity index (χ4n) is 2.58. The maximum Gasteiger partial charge on any atom is 0.191 e. The molecule has 1 aromatic heterocycles. The van der Waals surface area contributed by atoms with E-state index in [1.807, 2.05) is 41.2 Å². The van der Waals surface area contributed by atoms with Gasteiger partial charge in [-0.2, -0.15) is 4.57 Å². The van der Waals surface area contributed by atoms with E-state index in [9.17, 15) is 4.79 Å². The van der Waals surface area contributed by atoms with E-state index >= 15 is 0 Å². The summed E-state index contributed by atoms with van der Waals surface area (Å²) in [6.45, 7) is 0. The molecule has 25 heavy (non-hydrogen) atoms. The van der Waals surface area contributed by atoms with Crippen LogP contribution in [0.2, 0.25) is 0 Å². The summed E-state index contributed by atoms with van der Waals surface area (Å²) in [4.78, 5) is 12.3. The van der Waals surface area contributed by atoms with E-state index in [0.717, 1.165) is 12.2 Å². The number of nitrogens with zero attached hydrogens (tertiary/aromatic N) is 1. The van der Waals surface area contributed by atoms with Crippen molar-refractivity contribution < 1.29 is 14.1 Å². The van der Waals surface area contributed by atoms with Gasteiger partial charge < -0.3 is 4.74 Å². The minimum atomic E-state index is -0.0383. The van der Waals surface area contributed by atoms with Crippen molar-refractivity contribution in [3.05, 3.63) is 102 Å². The lowest BCUT2D eigenvalue weighted by Crippen LogP contribution is -2.25. The fourth-order valence-corrected chi connectivity index (χ4v) is 2.58. The summed E-state index contributed by atoms with van der Waals surface area (Å²) in [5.74, 6) is 0.701. The lowest BCUT2D eigenvalue weighted by molar-refractivity contribution is -0.568. The van der Waals surface area contributed by atoms with Crippen LogP contribution in [-0.2, 0) is 6.42 Å². The molecule has 0 spiro atoms. The Kier molecular flexibility index (Phi) is 5.37. The van der Waals surface area contributed by atoms with Gasteiger partial charge in [0.25, 0.3) is 0 Å². The average molecular weight is 330 g/mol. The Balaban J connectivity index is 1.70. The third kappa shape index (κ3) is 4.64.